The summed E-state index contributed by atoms with van der Waals surface area (Å²) >= 11 is 0. The molecule has 0 fully saturated rings. The van der Waals surface area contributed by atoms with Gasteiger partial charge in [-0.3, -0.25) is 0 Å². The lowest BCUT2D eigenvalue weighted by Gasteiger charge is -2.30. The average molecular weight is 234 g/mol. The molecule has 0 saturated carbocycles. The Morgan fingerprint density at radius 1 is 1.29 bits per heavy atom. The molecule has 0 aromatic heterocycles. The fourth-order valence-corrected chi connectivity index (χ4v) is 2.06. The van der Waals surface area contributed by atoms with Gasteiger partial charge in [0.2, 0.25) is 0 Å². The van der Waals surface area contributed by atoms with Crippen molar-refractivity contribution in [2.24, 2.45) is 11.7 Å². The van der Waals surface area contributed by atoms with Crippen molar-refractivity contribution in [1.82, 2.24) is 4.90 Å². The highest BCUT2D eigenvalue weighted by molar-refractivity contribution is 5.72. The maximum atomic E-state index is 11.5. The van der Waals surface area contributed by atoms with Crippen LogP contribution in [0.5, 0.6) is 0 Å². The Balaban J connectivity index is 2.96. The predicted octanol–water partition coefficient (Wildman–Crippen LogP) is 3.09. The minimum atomic E-state index is -0.352. The largest absolute Gasteiger partial charge is 0.351 e. The van der Waals surface area contributed by atoms with Crippen LogP contribution in [0.2, 0.25) is 0 Å². The maximum Gasteiger partial charge on any atom is 0.315 e. The zero-order valence-corrected chi connectivity index (χ0v) is 11.1. The Morgan fingerprint density at radius 3 is 2.35 bits per heavy atom. The molecule has 0 spiro atoms. The van der Waals surface area contributed by atoms with Crippen molar-refractivity contribution >= 4 is 6.03 Å². The number of nitrogens with zero attached hydrogens (tertiary/aromatic N) is 1. The summed E-state index contributed by atoms with van der Waals surface area (Å²) in [6.45, 7) is 8.93. The summed E-state index contributed by atoms with van der Waals surface area (Å²) < 4.78 is 0. The quantitative estimate of drug-likeness (QED) is 0.855. The third-order valence-electron chi connectivity index (χ3n) is 2.95. The summed E-state index contributed by atoms with van der Waals surface area (Å²) in [6.07, 6.45) is 0. The first-order chi connectivity index (χ1) is 7.93. The molecule has 0 radical (unpaired) electrons. The maximum absolute atomic E-state index is 11.5. The Kier molecular flexibility index (Phi) is 4.55. The molecule has 0 aliphatic rings. The first-order valence-electron chi connectivity index (χ1n) is 6.05. The van der Waals surface area contributed by atoms with E-state index in [1.165, 1.54) is 5.56 Å². The van der Waals surface area contributed by atoms with E-state index in [4.69, 9.17) is 5.73 Å². The molecule has 2 amide bonds. The number of hydrogen-bond acceptors (Lipinski definition) is 1. The van der Waals surface area contributed by atoms with Crippen molar-refractivity contribution < 1.29 is 4.79 Å². The van der Waals surface area contributed by atoms with E-state index in [1.54, 1.807) is 4.90 Å². The van der Waals surface area contributed by atoms with Crippen LogP contribution in [-0.4, -0.2) is 17.5 Å². The average Bonchev–Trinajstić information content (AvgIpc) is 2.25. The van der Waals surface area contributed by atoms with Crippen molar-refractivity contribution in [2.45, 2.75) is 33.7 Å². The first-order valence-corrected chi connectivity index (χ1v) is 6.05. The highest BCUT2D eigenvalue weighted by Gasteiger charge is 2.20. The normalized spacial score (nSPS) is 12.5. The van der Waals surface area contributed by atoms with Crippen LogP contribution in [0.1, 0.15) is 37.9 Å². The van der Waals surface area contributed by atoms with Gasteiger partial charge < -0.3 is 10.6 Å². The predicted molar refractivity (Wildman–Crippen MR) is 70.7 cm³/mol. The topological polar surface area (TPSA) is 46.3 Å². The lowest BCUT2D eigenvalue weighted by Crippen LogP contribution is -2.40. The molecule has 0 heterocycles. The molecule has 1 aromatic carbocycles. The van der Waals surface area contributed by atoms with Crippen molar-refractivity contribution in [3.05, 3.63) is 35.4 Å². The number of amides is 2. The van der Waals surface area contributed by atoms with Crippen molar-refractivity contribution in [1.29, 1.82) is 0 Å². The van der Waals surface area contributed by atoms with Gasteiger partial charge in [-0.1, -0.05) is 38.1 Å². The number of primary amides is 1. The monoisotopic (exact) mass is 234 g/mol. The van der Waals surface area contributed by atoms with Crippen LogP contribution < -0.4 is 5.73 Å². The van der Waals surface area contributed by atoms with Gasteiger partial charge in [0.25, 0.3) is 0 Å². The molecular weight excluding hydrogens is 212 g/mol. The lowest BCUT2D eigenvalue weighted by molar-refractivity contribution is 0.179. The van der Waals surface area contributed by atoms with Crippen LogP contribution in [0.25, 0.3) is 0 Å². The van der Waals surface area contributed by atoms with E-state index in [2.05, 4.69) is 32.9 Å². The number of nitrogens with two attached hydrogens (primary N) is 1. The molecule has 1 unspecified atom stereocenters. The molecule has 1 atom stereocenters. The molecule has 3 heteroatoms. The van der Waals surface area contributed by atoms with E-state index in [0.29, 0.717) is 12.5 Å². The van der Waals surface area contributed by atoms with E-state index in [1.807, 2.05) is 19.1 Å². The molecular formula is C14H22N2O. The standard InChI is InChI=1S/C14H22N2O/c1-10(2)9-16(14(15)17)12(4)13-8-6-5-7-11(13)3/h5-8,10,12H,9H2,1-4H3,(H2,15,17). The van der Waals surface area contributed by atoms with Crippen molar-refractivity contribution in [3.63, 3.8) is 0 Å². The second-order valence-electron chi connectivity index (χ2n) is 4.92. The summed E-state index contributed by atoms with van der Waals surface area (Å²) in [6, 6.07) is 7.78. The third kappa shape index (κ3) is 3.48. The Hall–Kier alpha value is -1.51. The van der Waals surface area contributed by atoms with Crippen molar-refractivity contribution in [2.75, 3.05) is 6.54 Å². The van der Waals surface area contributed by atoms with Gasteiger partial charge in [-0.25, -0.2) is 4.79 Å². The highest BCUT2D eigenvalue weighted by Crippen LogP contribution is 2.23. The van der Waals surface area contributed by atoms with E-state index >= 15 is 0 Å². The smallest absolute Gasteiger partial charge is 0.315 e. The molecule has 3 nitrogen and oxygen atoms in total. The Labute approximate surface area is 104 Å². The number of urea groups is 1. The van der Waals surface area contributed by atoms with Crippen LogP contribution in [0.4, 0.5) is 4.79 Å². The summed E-state index contributed by atoms with van der Waals surface area (Å²) in [5.74, 6) is 0.411. The van der Waals surface area contributed by atoms with Crippen LogP contribution in [0.3, 0.4) is 0 Å². The van der Waals surface area contributed by atoms with Gasteiger partial charge in [-0.2, -0.15) is 0 Å². The fourth-order valence-electron chi connectivity index (χ4n) is 2.06. The number of rotatable bonds is 4. The molecule has 0 aliphatic carbocycles. The first kappa shape index (κ1) is 13.6. The minimum absolute atomic E-state index is 0.0242. The van der Waals surface area contributed by atoms with E-state index in [-0.39, 0.29) is 12.1 Å². The second kappa shape index (κ2) is 5.71. The third-order valence-corrected chi connectivity index (χ3v) is 2.95. The molecule has 0 saturated heterocycles. The van der Waals surface area contributed by atoms with Gasteiger partial charge in [0.1, 0.15) is 0 Å². The SMILES string of the molecule is Cc1ccccc1C(C)N(CC(C)C)C(N)=O. The number of carbonyl (C=O) groups excluding carboxylic acids is 1. The molecule has 0 bridgehead atoms. The zero-order chi connectivity index (χ0) is 13.0. The molecule has 0 aliphatic heterocycles. The van der Waals surface area contributed by atoms with Crippen LogP contribution in [-0.2, 0) is 0 Å². The van der Waals surface area contributed by atoms with Crippen molar-refractivity contribution in [3.8, 4) is 0 Å². The Bertz CT molecular complexity index is 388. The van der Waals surface area contributed by atoms with Crippen LogP contribution in [0.15, 0.2) is 24.3 Å². The molecule has 17 heavy (non-hydrogen) atoms. The molecule has 1 aromatic rings. The summed E-state index contributed by atoms with van der Waals surface area (Å²) in [5.41, 5.74) is 7.81. The van der Waals surface area contributed by atoms with Gasteiger partial charge in [0.15, 0.2) is 0 Å². The summed E-state index contributed by atoms with van der Waals surface area (Å²) in [5, 5.41) is 0. The number of carbonyl (C=O) groups is 1. The number of hydrogen-bond donors (Lipinski definition) is 1. The van der Waals surface area contributed by atoms with Gasteiger partial charge in [0.05, 0.1) is 6.04 Å². The number of aryl methyl sites for hydroxylation is 1. The number of benzene rings is 1. The Morgan fingerprint density at radius 2 is 1.88 bits per heavy atom. The summed E-state index contributed by atoms with van der Waals surface area (Å²) in [4.78, 5) is 13.2. The molecule has 2 N–H and O–H groups in total. The van der Waals surface area contributed by atoms with Gasteiger partial charge in [-0.15, -0.1) is 0 Å². The van der Waals surface area contributed by atoms with Crippen LogP contribution in [0, 0.1) is 12.8 Å². The molecule has 94 valence electrons. The second-order valence-corrected chi connectivity index (χ2v) is 4.92. The van der Waals surface area contributed by atoms with Gasteiger partial charge >= 0.3 is 6.03 Å². The lowest BCUT2D eigenvalue weighted by atomic mass is 10.0. The fraction of sp³-hybridized carbons (Fsp3) is 0.500. The molecule has 1 rings (SSSR count). The zero-order valence-electron chi connectivity index (χ0n) is 11.1. The van der Waals surface area contributed by atoms with E-state index in [9.17, 15) is 4.79 Å². The van der Waals surface area contributed by atoms with E-state index in [0.717, 1.165) is 5.56 Å². The summed E-state index contributed by atoms with van der Waals surface area (Å²) in [7, 11) is 0. The van der Waals surface area contributed by atoms with Crippen LogP contribution >= 0.6 is 0 Å². The minimum Gasteiger partial charge on any atom is -0.351 e. The van der Waals surface area contributed by atoms with Gasteiger partial charge in [-0.05, 0) is 30.9 Å². The van der Waals surface area contributed by atoms with E-state index < -0.39 is 0 Å². The highest BCUT2D eigenvalue weighted by atomic mass is 16.2. The van der Waals surface area contributed by atoms with Gasteiger partial charge in [0, 0.05) is 6.54 Å².